The second-order valence-corrected chi connectivity index (χ2v) is 8.42. The molecule has 0 spiro atoms. The first-order chi connectivity index (χ1) is 14.0. The predicted octanol–water partition coefficient (Wildman–Crippen LogP) is 4.19. The Morgan fingerprint density at radius 3 is 2.55 bits per heavy atom. The number of methoxy groups -OCH3 is 2. The quantitative estimate of drug-likeness (QED) is 0.657. The van der Waals surface area contributed by atoms with E-state index in [1.54, 1.807) is 25.6 Å². The van der Waals surface area contributed by atoms with Crippen LogP contribution in [0.25, 0.3) is 21.3 Å². The molecule has 1 aliphatic rings. The SMILES string of the molecule is COc1ccc(-c2cc(OC(C)C3CNC(=O)C3)c3sc(C)nc3c2)cc1OC. The number of carbonyl (C=O) groups excluding carboxylic acids is 1. The van der Waals surface area contributed by atoms with Gasteiger partial charge in [-0.15, -0.1) is 11.3 Å². The molecular formula is C22H24N2O4S. The lowest BCUT2D eigenvalue weighted by molar-refractivity contribution is -0.119. The number of nitrogens with zero attached hydrogens (tertiary/aromatic N) is 1. The molecule has 2 unspecified atom stereocenters. The summed E-state index contributed by atoms with van der Waals surface area (Å²) in [5.74, 6) is 2.40. The van der Waals surface area contributed by atoms with Gasteiger partial charge in [0.1, 0.15) is 11.9 Å². The molecule has 1 aromatic heterocycles. The summed E-state index contributed by atoms with van der Waals surface area (Å²) in [6.07, 6.45) is 0.418. The van der Waals surface area contributed by atoms with Crippen LogP contribution < -0.4 is 19.5 Å². The maximum atomic E-state index is 11.6. The normalized spacial score (nSPS) is 17.2. The van der Waals surface area contributed by atoms with Crippen LogP contribution in [0.1, 0.15) is 18.4 Å². The number of amides is 1. The molecule has 1 aliphatic heterocycles. The predicted molar refractivity (Wildman–Crippen MR) is 114 cm³/mol. The minimum atomic E-state index is -0.0831. The first kappa shape index (κ1) is 19.5. The molecule has 1 saturated heterocycles. The van der Waals surface area contributed by atoms with Crippen molar-refractivity contribution in [3.8, 4) is 28.4 Å². The Kier molecular flexibility index (Phi) is 5.32. The highest BCUT2D eigenvalue weighted by Crippen LogP contribution is 2.39. The van der Waals surface area contributed by atoms with Gasteiger partial charge in [-0.2, -0.15) is 0 Å². The minimum Gasteiger partial charge on any atom is -0.493 e. The van der Waals surface area contributed by atoms with E-state index < -0.39 is 0 Å². The number of carbonyl (C=O) groups is 1. The fraction of sp³-hybridized carbons (Fsp3) is 0.364. The monoisotopic (exact) mass is 412 g/mol. The standard InChI is InChI=1S/C22H24N2O4S/c1-12(16-10-21(25)23-11-16)28-20-9-15(7-17-22(20)29-13(2)24-17)14-5-6-18(26-3)19(8-14)27-4/h5-9,12,16H,10-11H2,1-4H3,(H,23,25). The number of benzene rings is 2. The summed E-state index contributed by atoms with van der Waals surface area (Å²) in [5, 5.41) is 3.87. The molecule has 7 heteroatoms. The van der Waals surface area contributed by atoms with Crippen LogP contribution in [0.15, 0.2) is 30.3 Å². The summed E-state index contributed by atoms with van der Waals surface area (Å²) in [7, 11) is 3.25. The van der Waals surface area contributed by atoms with Crippen LogP contribution in [-0.2, 0) is 4.79 Å². The topological polar surface area (TPSA) is 69.7 Å². The molecule has 1 fully saturated rings. The third kappa shape index (κ3) is 3.87. The van der Waals surface area contributed by atoms with Crippen LogP contribution in [0.2, 0.25) is 0 Å². The Bertz CT molecular complexity index is 1060. The molecular weight excluding hydrogens is 388 g/mol. The van der Waals surface area contributed by atoms with E-state index >= 15 is 0 Å². The Morgan fingerprint density at radius 1 is 1.10 bits per heavy atom. The molecule has 29 heavy (non-hydrogen) atoms. The third-order valence-electron chi connectivity index (χ3n) is 5.27. The number of aromatic nitrogens is 1. The van der Waals surface area contributed by atoms with E-state index in [1.807, 2.05) is 38.1 Å². The van der Waals surface area contributed by atoms with E-state index in [4.69, 9.17) is 14.2 Å². The molecule has 2 heterocycles. The zero-order chi connectivity index (χ0) is 20.5. The molecule has 6 nitrogen and oxygen atoms in total. The van der Waals surface area contributed by atoms with E-state index in [2.05, 4.69) is 16.4 Å². The highest BCUT2D eigenvalue weighted by molar-refractivity contribution is 7.18. The lowest BCUT2D eigenvalue weighted by Gasteiger charge is -2.20. The molecule has 3 aromatic rings. The van der Waals surface area contributed by atoms with Crippen LogP contribution >= 0.6 is 11.3 Å². The number of rotatable bonds is 6. The van der Waals surface area contributed by atoms with E-state index in [9.17, 15) is 4.79 Å². The molecule has 0 radical (unpaired) electrons. The van der Waals surface area contributed by atoms with Gasteiger partial charge in [0, 0.05) is 18.9 Å². The number of hydrogen-bond acceptors (Lipinski definition) is 6. The molecule has 4 rings (SSSR count). The lowest BCUT2D eigenvalue weighted by Crippen LogP contribution is -2.25. The van der Waals surface area contributed by atoms with Crippen molar-refractivity contribution in [3.63, 3.8) is 0 Å². The van der Waals surface area contributed by atoms with Crippen LogP contribution in [0, 0.1) is 12.8 Å². The molecule has 2 atom stereocenters. The van der Waals surface area contributed by atoms with Crippen molar-refractivity contribution in [2.24, 2.45) is 5.92 Å². The first-order valence-corrected chi connectivity index (χ1v) is 10.4. The lowest BCUT2D eigenvalue weighted by atomic mass is 10.0. The van der Waals surface area contributed by atoms with Crippen LogP contribution in [0.3, 0.4) is 0 Å². The maximum Gasteiger partial charge on any atom is 0.220 e. The van der Waals surface area contributed by atoms with Gasteiger partial charge in [-0.1, -0.05) is 6.07 Å². The van der Waals surface area contributed by atoms with E-state index in [0.29, 0.717) is 24.5 Å². The Hall–Kier alpha value is -2.80. The number of nitrogens with one attached hydrogen (secondary N) is 1. The fourth-order valence-corrected chi connectivity index (χ4v) is 4.50. The molecule has 0 saturated carbocycles. The smallest absolute Gasteiger partial charge is 0.220 e. The van der Waals surface area contributed by atoms with Gasteiger partial charge in [0.2, 0.25) is 5.91 Å². The second kappa shape index (κ2) is 7.91. The largest absolute Gasteiger partial charge is 0.493 e. The van der Waals surface area contributed by atoms with E-state index in [0.717, 1.165) is 32.1 Å². The summed E-state index contributed by atoms with van der Waals surface area (Å²) in [6, 6.07) is 9.95. The molecule has 152 valence electrons. The zero-order valence-corrected chi connectivity index (χ0v) is 17.8. The molecule has 2 aromatic carbocycles. The molecule has 1 amide bonds. The van der Waals surface area contributed by atoms with Crippen molar-refractivity contribution in [1.82, 2.24) is 10.3 Å². The van der Waals surface area contributed by atoms with Crippen molar-refractivity contribution in [2.45, 2.75) is 26.4 Å². The molecule has 0 bridgehead atoms. The van der Waals surface area contributed by atoms with E-state index in [-0.39, 0.29) is 17.9 Å². The van der Waals surface area contributed by atoms with Crippen molar-refractivity contribution in [3.05, 3.63) is 35.3 Å². The van der Waals surface area contributed by atoms with Crippen LogP contribution in [-0.4, -0.2) is 37.8 Å². The second-order valence-electron chi connectivity index (χ2n) is 7.22. The highest BCUT2D eigenvalue weighted by atomic mass is 32.1. The van der Waals surface area contributed by atoms with Crippen molar-refractivity contribution in [1.29, 1.82) is 0 Å². The summed E-state index contributed by atoms with van der Waals surface area (Å²) in [4.78, 5) is 16.3. The highest BCUT2D eigenvalue weighted by Gasteiger charge is 2.28. The van der Waals surface area contributed by atoms with E-state index in [1.165, 1.54) is 0 Å². The van der Waals surface area contributed by atoms with Gasteiger partial charge in [0.05, 0.1) is 29.4 Å². The summed E-state index contributed by atoms with van der Waals surface area (Å²) in [5.41, 5.74) is 2.89. The van der Waals surface area contributed by atoms with Crippen molar-refractivity contribution < 1.29 is 19.0 Å². The van der Waals surface area contributed by atoms with Gasteiger partial charge in [0.25, 0.3) is 0 Å². The summed E-state index contributed by atoms with van der Waals surface area (Å²) >= 11 is 1.62. The fourth-order valence-electron chi connectivity index (χ4n) is 3.64. The molecule has 0 aliphatic carbocycles. The number of hydrogen-bond donors (Lipinski definition) is 1. The Morgan fingerprint density at radius 2 is 1.86 bits per heavy atom. The Balaban J connectivity index is 1.73. The number of aryl methyl sites for hydroxylation is 1. The van der Waals surface area contributed by atoms with Gasteiger partial charge in [-0.3, -0.25) is 4.79 Å². The first-order valence-electron chi connectivity index (χ1n) is 9.55. The molecule has 1 N–H and O–H groups in total. The summed E-state index contributed by atoms with van der Waals surface area (Å²) in [6.45, 7) is 4.67. The summed E-state index contributed by atoms with van der Waals surface area (Å²) < 4.78 is 18.2. The number of ether oxygens (including phenoxy) is 3. The van der Waals surface area contributed by atoms with Gasteiger partial charge in [-0.25, -0.2) is 4.98 Å². The number of thiazole rings is 1. The average Bonchev–Trinajstić information content (AvgIpc) is 3.32. The maximum absolute atomic E-state index is 11.6. The third-order valence-corrected chi connectivity index (χ3v) is 6.27. The van der Waals surface area contributed by atoms with Crippen LogP contribution in [0.4, 0.5) is 0 Å². The zero-order valence-electron chi connectivity index (χ0n) is 16.9. The van der Waals surface area contributed by atoms with Crippen molar-refractivity contribution in [2.75, 3.05) is 20.8 Å². The van der Waals surface area contributed by atoms with Gasteiger partial charge >= 0.3 is 0 Å². The van der Waals surface area contributed by atoms with Gasteiger partial charge < -0.3 is 19.5 Å². The van der Waals surface area contributed by atoms with Gasteiger partial charge in [-0.05, 0) is 49.2 Å². The average molecular weight is 413 g/mol. The van der Waals surface area contributed by atoms with Gasteiger partial charge in [0.15, 0.2) is 11.5 Å². The Labute approximate surface area is 173 Å². The van der Waals surface area contributed by atoms with Crippen LogP contribution in [0.5, 0.6) is 17.2 Å². The minimum absolute atomic E-state index is 0.0831. The van der Waals surface area contributed by atoms with Crippen molar-refractivity contribution >= 4 is 27.5 Å². The number of fused-ring (bicyclic) bond motifs is 1.